The van der Waals surface area contributed by atoms with E-state index in [1.807, 2.05) is 0 Å². The van der Waals surface area contributed by atoms with Gasteiger partial charge in [-0.15, -0.1) is 0 Å². The van der Waals surface area contributed by atoms with Crippen LogP contribution in [0.1, 0.15) is 33.6 Å². The van der Waals surface area contributed by atoms with Crippen molar-refractivity contribution < 1.29 is 5.11 Å². The Labute approximate surface area is 62.5 Å². The van der Waals surface area contributed by atoms with E-state index in [2.05, 4.69) is 20.8 Å². The summed E-state index contributed by atoms with van der Waals surface area (Å²) < 4.78 is 0. The average Bonchev–Trinajstić information content (AvgIpc) is 1.81. The minimum Gasteiger partial charge on any atom is -0.378 e. The van der Waals surface area contributed by atoms with Crippen LogP contribution < -0.4 is 0 Å². The highest BCUT2D eigenvalue weighted by Gasteiger charge is 2.12. The molecule has 0 aromatic heterocycles. The van der Waals surface area contributed by atoms with Crippen LogP contribution in [-0.4, -0.2) is 11.2 Å². The van der Waals surface area contributed by atoms with Crippen molar-refractivity contribution in [2.45, 2.75) is 39.7 Å². The van der Waals surface area contributed by atoms with E-state index in [9.17, 15) is 0 Å². The van der Waals surface area contributed by atoms with Crippen molar-refractivity contribution in [3.05, 3.63) is 0 Å². The molecule has 0 radical (unpaired) electrons. The van der Waals surface area contributed by atoms with E-state index >= 15 is 0 Å². The van der Waals surface area contributed by atoms with Crippen LogP contribution in [0.2, 0.25) is 0 Å². The van der Waals surface area contributed by atoms with Gasteiger partial charge in [0.25, 0.3) is 0 Å². The molecule has 0 heterocycles. The summed E-state index contributed by atoms with van der Waals surface area (Å²) in [6.07, 6.45) is 0.695. The monoisotopic (exact) mass is 141 g/mol. The van der Waals surface area contributed by atoms with E-state index in [1.165, 1.54) is 0 Å². The molecule has 0 aromatic rings. The second kappa shape index (κ2) is 3.58. The van der Waals surface area contributed by atoms with E-state index in [0.29, 0.717) is 6.42 Å². The van der Waals surface area contributed by atoms with Crippen molar-refractivity contribution in [2.24, 2.45) is 5.41 Å². The van der Waals surface area contributed by atoms with Gasteiger partial charge in [-0.1, -0.05) is 20.8 Å². The second-order valence-corrected chi connectivity index (χ2v) is 3.74. The first-order valence-electron chi connectivity index (χ1n) is 3.53. The van der Waals surface area contributed by atoms with Gasteiger partial charge in [0.15, 0.2) is 0 Å². The number of nitriles is 1. The maximum Gasteiger partial charge on any atom is 0.140 e. The van der Waals surface area contributed by atoms with Crippen LogP contribution >= 0.6 is 0 Å². The molecule has 58 valence electrons. The molecule has 10 heavy (non-hydrogen) atoms. The molecule has 0 saturated heterocycles. The third-order valence-electron chi connectivity index (χ3n) is 1.32. The Morgan fingerprint density at radius 1 is 1.50 bits per heavy atom. The first kappa shape index (κ1) is 9.45. The van der Waals surface area contributed by atoms with Crippen LogP contribution in [0.3, 0.4) is 0 Å². The molecule has 2 nitrogen and oxygen atoms in total. The van der Waals surface area contributed by atoms with E-state index < -0.39 is 6.10 Å². The Morgan fingerprint density at radius 3 is 2.30 bits per heavy atom. The molecule has 0 amide bonds. The molecule has 0 aliphatic rings. The fraction of sp³-hybridized carbons (Fsp3) is 0.875. The predicted octanol–water partition coefficient (Wildman–Crippen LogP) is 1.70. The maximum atomic E-state index is 8.86. The molecule has 0 aliphatic heterocycles. The molecule has 1 unspecified atom stereocenters. The van der Waals surface area contributed by atoms with Gasteiger partial charge < -0.3 is 5.11 Å². The lowest BCUT2D eigenvalue weighted by Gasteiger charge is -2.17. The van der Waals surface area contributed by atoms with Crippen molar-refractivity contribution in [3.63, 3.8) is 0 Å². The second-order valence-electron chi connectivity index (χ2n) is 3.74. The van der Waals surface area contributed by atoms with Gasteiger partial charge in [0.1, 0.15) is 6.10 Å². The minimum absolute atomic E-state index is 0.220. The van der Waals surface area contributed by atoms with Crippen molar-refractivity contribution in [1.82, 2.24) is 0 Å². The molecule has 0 aromatic carbocycles. The fourth-order valence-corrected chi connectivity index (χ4v) is 0.634. The summed E-state index contributed by atoms with van der Waals surface area (Å²) in [5, 5.41) is 17.1. The normalized spacial score (nSPS) is 14.3. The summed E-state index contributed by atoms with van der Waals surface area (Å²) in [5.74, 6) is 0. The highest BCUT2D eigenvalue weighted by molar-refractivity contribution is 4.82. The summed E-state index contributed by atoms with van der Waals surface area (Å²) in [6, 6.07) is 1.79. The molecule has 0 aliphatic carbocycles. The lowest BCUT2D eigenvalue weighted by molar-refractivity contribution is 0.194. The third kappa shape index (κ3) is 5.58. The number of hydrogen-bond acceptors (Lipinski definition) is 2. The summed E-state index contributed by atoms with van der Waals surface area (Å²) in [7, 11) is 0. The highest BCUT2D eigenvalue weighted by Crippen LogP contribution is 2.21. The molecule has 1 N–H and O–H groups in total. The summed E-state index contributed by atoms with van der Waals surface area (Å²) in [6.45, 7) is 6.28. The van der Waals surface area contributed by atoms with Crippen LogP contribution in [0.15, 0.2) is 0 Å². The van der Waals surface area contributed by atoms with Gasteiger partial charge in [0, 0.05) is 0 Å². The Morgan fingerprint density at radius 2 is 2.00 bits per heavy atom. The third-order valence-corrected chi connectivity index (χ3v) is 1.32. The van der Waals surface area contributed by atoms with Gasteiger partial charge in [0.2, 0.25) is 0 Å². The van der Waals surface area contributed by atoms with Gasteiger partial charge >= 0.3 is 0 Å². The van der Waals surface area contributed by atoms with Crippen LogP contribution in [0.4, 0.5) is 0 Å². The number of rotatable bonds is 2. The Hall–Kier alpha value is -0.550. The standard InChI is InChI=1S/C8H15NO/c1-8(2,3)5-4-7(10)6-9/h7,10H,4-5H2,1-3H3. The predicted molar refractivity (Wildman–Crippen MR) is 40.3 cm³/mol. The number of aliphatic hydroxyl groups is 1. The van der Waals surface area contributed by atoms with Crippen molar-refractivity contribution in [2.75, 3.05) is 0 Å². The average molecular weight is 141 g/mol. The zero-order chi connectivity index (χ0) is 8.20. The van der Waals surface area contributed by atoms with E-state index in [4.69, 9.17) is 10.4 Å². The Bertz CT molecular complexity index is 129. The first-order valence-corrected chi connectivity index (χ1v) is 3.53. The summed E-state index contributed by atoms with van der Waals surface area (Å²) in [5.41, 5.74) is 0.220. The summed E-state index contributed by atoms with van der Waals surface area (Å²) in [4.78, 5) is 0. The van der Waals surface area contributed by atoms with Crippen molar-refractivity contribution >= 4 is 0 Å². The Balaban J connectivity index is 3.48. The summed E-state index contributed by atoms with van der Waals surface area (Å²) >= 11 is 0. The van der Waals surface area contributed by atoms with Gasteiger partial charge in [-0.25, -0.2) is 0 Å². The number of aliphatic hydroxyl groups excluding tert-OH is 1. The largest absolute Gasteiger partial charge is 0.378 e. The highest BCUT2D eigenvalue weighted by atomic mass is 16.3. The number of nitrogens with zero attached hydrogens (tertiary/aromatic N) is 1. The minimum atomic E-state index is -0.778. The number of hydrogen-bond donors (Lipinski definition) is 1. The molecule has 0 fully saturated rings. The van der Waals surface area contributed by atoms with Crippen LogP contribution in [0, 0.1) is 16.7 Å². The van der Waals surface area contributed by atoms with E-state index in [0.717, 1.165) is 6.42 Å². The van der Waals surface area contributed by atoms with Gasteiger partial charge in [0.05, 0.1) is 6.07 Å². The molecular formula is C8H15NO. The maximum absolute atomic E-state index is 8.86. The van der Waals surface area contributed by atoms with Crippen LogP contribution in [0.25, 0.3) is 0 Å². The van der Waals surface area contributed by atoms with Gasteiger partial charge in [-0.2, -0.15) is 5.26 Å². The molecule has 1 atom stereocenters. The van der Waals surface area contributed by atoms with Crippen molar-refractivity contribution in [3.8, 4) is 6.07 Å². The molecule has 0 rings (SSSR count). The van der Waals surface area contributed by atoms with Crippen molar-refractivity contribution in [1.29, 1.82) is 5.26 Å². The molecular weight excluding hydrogens is 126 g/mol. The zero-order valence-corrected chi connectivity index (χ0v) is 6.89. The molecule has 0 bridgehead atoms. The Kier molecular flexibility index (Phi) is 3.38. The van der Waals surface area contributed by atoms with E-state index in [-0.39, 0.29) is 5.41 Å². The lowest BCUT2D eigenvalue weighted by Crippen LogP contribution is -2.10. The first-order chi connectivity index (χ1) is 4.45. The topological polar surface area (TPSA) is 44.0 Å². The van der Waals surface area contributed by atoms with Crippen LogP contribution in [0.5, 0.6) is 0 Å². The lowest BCUT2D eigenvalue weighted by atomic mass is 9.89. The molecule has 2 heteroatoms. The van der Waals surface area contributed by atoms with Gasteiger partial charge in [-0.3, -0.25) is 0 Å². The fourth-order valence-electron chi connectivity index (χ4n) is 0.634. The van der Waals surface area contributed by atoms with Gasteiger partial charge in [-0.05, 0) is 18.3 Å². The zero-order valence-electron chi connectivity index (χ0n) is 6.89. The smallest absolute Gasteiger partial charge is 0.140 e. The molecule has 0 saturated carbocycles. The quantitative estimate of drug-likeness (QED) is 0.595. The molecule has 0 spiro atoms. The van der Waals surface area contributed by atoms with E-state index in [1.54, 1.807) is 6.07 Å². The SMILES string of the molecule is CC(C)(C)CCC(O)C#N. The van der Waals surface area contributed by atoms with Crippen LogP contribution in [-0.2, 0) is 0 Å².